The van der Waals surface area contributed by atoms with E-state index in [1.54, 1.807) is 11.3 Å². The van der Waals surface area contributed by atoms with Crippen LogP contribution >= 0.6 is 22.9 Å². The molecule has 3 rings (SSSR count). The number of nitrogens with zero attached hydrogens (tertiary/aromatic N) is 2. The Hall–Kier alpha value is -2.30. The molecule has 3 nitrogen and oxygen atoms in total. The zero-order valence-electron chi connectivity index (χ0n) is 14.0. The lowest BCUT2D eigenvalue weighted by molar-refractivity contribution is 0.340. The smallest absolute Gasteiger partial charge is 0.190 e. The Kier molecular flexibility index (Phi) is 5.74. The van der Waals surface area contributed by atoms with Gasteiger partial charge in [0.25, 0.3) is 0 Å². The molecule has 0 bridgehead atoms. The average molecular weight is 371 g/mol. The van der Waals surface area contributed by atoms with Crippen LogP contribution in [0, 0.1) is 0 Å². The summed E-state index contributed by atoms with van der Waals surface area (Å²) in [6.45, 7) is 7.19. The second-order valence-electron chi connectivity index (χ2n) is 5.35. The average Bonchev–Trinajstić information content (AvgIpc) is 3.01. The topological polar surface area (TPSA) is 26.5 Å². The molecule has 0 aliphatic rings. The second kappa shape index (κ2) is 8.19. The van der Waals surface area contributed by atoms with E-state index in [4.69, 9.17) is 21.3 Å². The molecule has 0 fully saturated rings. The molecular formula is C20H19ClN2OS. The molecule has 0 saturated carbocycles. The fourth-order valence-electron chi connectivity index (χ4n) is 2.47. The largest absolute Gasteiger partial charge is 0.494 e. The number of hydrogen-bond acceptors (Lipinski definition) is 3. The Morgan fingerprint density at radius 2 is 1.88 bits per heavy atom. The van der Waals surface area contributed by atoms with Gasteiger partial charge < -0.3 is 9.30 Å². The molecule has 25 heavy (non-hydrogen) atoms. The first-order valence-corrected chi connectivity index (χ1v) is 9.29. The number of ether oxygens (including phenoxy) is 1. The summed E-state index contributed by atoms with van der Waals surface area (Å²) >= 11 is 7.61. The van der Waals surface area contributed by atoms with Crippen molar-refractivity contribution in [3.05, 3.63) is 76.4 Å². The number of rotatable bonds is 6. The maximum Gasteiger partial charge on any atom is 0.190 e. The fraction of sp³-hybridized carbons (Fsp3) is 0.150. The van der Waals surface area contributed by atoms with E-state index in [0.717, 1.165) is 32.5 Å². The third kappa shape index (κ3) is 4.21. The van der Waals surface area contributed by atoms with Crippen molar-refractivity contribution in [2.24, 2.45) is 4.99 Å². The van der Waals surface area contributed by atoms with Crippen molar-refractivity contribution in [3.63, 3.8) is 0 Å². The van der Waals surface area contributed by atoms with Crippen LogP contribution in [0.2, 0.25) is 5.02 Å². The van der Waals surface area contributed by atoms with Crippen LogP contribution < -0.4 is 9.54 Å². The second-order valence-corrected chi connectivity index (χ2v) is 6.62. The van der Waals surface area contributed by atoms with Gasteiger partial charge in [-0.2, -0.15) is 0 Å². The summed E-state index contributed by atoms with van der Waals surface area (Å²) in [4.78, 5) is 5.70. The van der Waals surface area contributed by atoms with Gasteiger partial charge in [0.15, 0.2) is 4.80 Å². The summed E-state index contributed by atoms with van der Waals surface area (Å²) in [6.07, 6.45) is 1.88. The molecule has 128 valence electrons. The number of halogens is 1. The molecule has 0 radical (unpaired) electrons. The van der Waals surface area contributed by atoms with Gasteiger partial charge in [0, 0.05) is 16.9 Å². The van der Waals surface area contributed by atoms with Gasteiger partial charge >= 0.3 is 0 Å². The molecule has 2 aromatic carbocycles. The number of allylic oxidation sites excluding steroid dienone is 1. The minimum atomic E-state index is 0.658. The molecule has 0 saturated heterocycles. The minimum Gasteiger partial charge on any atom is -0.494 e. The van der Waals surface area contributed by atoms with Gasteiger partial charge in [0.2, 0.25) is 0 Å². The van der Waals surface area contributed by atoms with E-state index in [0.29, 0.717) is 13.2 Å². The highest BCUT2D eigenvalue weighted by Gasteiger charge is 2.07. The van der Waals surface area contributed by atoms with Crippen LogP contribution in [0.4, 0.5) is 5.69 Å². The predicted molar refractivity (Wildman–Crippen MR) is 106 cm³/mol. The van der Waals surface area contributed by atoms with Crippen molar-refractivity contribution in [3.8, 4) is 17.0 Å². The fourth-order valence-corrected chi connectivity index (χ4v) is 3.53. The van der Waals surface area contributed by atoms with Crippen LogP contribution in [-0.2, 0) is 6.54 Å². The summed E-state index contributed by atoms with van der Waals surface area (Å²) in [7, 11) is 0. The molecule has 0 spiro atoms. The van der Waals surface area contributed by atoms with Gasteiger partial charge in [-0.1, -0.05) is 29.8 Å². The molecule has 0 aliphatic carbocycles. The highest BCUT2D eigenvalue weighted by Crippen LogP contribution is 2.23. The zero-order valence-corrected chi connectivity index (χ0v) is 15.6. The molecule has 0 N–H and O–H groups in total. The van der Waals surface area contributed by atoms with Crippen LogP contribution in [-0.4, -0.2) is 11.2 Å². The van der Waals surface area contributed by atoms with Gasteiger partial charge in [-0.15, -0.1) is 17.9 Å². The van der Waals surface area contributed by atoms with Gasteiger partial charge in [-0.05, 0) is 48.9 Å². The predicted octanol–water partition coefficient (Wildman–Crippen LogP) is 5.69. The Bertz CT molecular complexity index is 908. The normalized spacial score (nSPS) is 11.5. The Labute approximate surface area is 156 Å². The molecule has 5 heteroatoms. The van der Waals surface area contributed by atoms with E-state index in [1.165, 1.54) is 0 Å². The first-order valence-electron chi connectivity index (χ1n) is 8.04. The molecular weight excluding hydrogens is 352 g/mol. The molecule has 1 aromatic heterocycles. The first kappa shape index (κ1) is 17.5. The molecule has 0 aliphatic heterocycles. The third-order valence-corrected chi connectivity index (χ3v) is 4.74. The van der Waals surface area contributed by atoms with Crippen LogP contribution in [0.25, 0.3) is 11.3 Å². The highest BCUT2D eigenvalue weighted by molar-refractivity contribution is 7.07. The van der Waals surface area contributed by atoms with Crippen molar-refractivity contribution in [1.82, 2.24) is 4.57 Å². The van der Waals surface area contributed by atoms with Crippen LogP contribution in [0.15, 0.2) is 71.6 Å². The third-order valence-electron chi connectivity index (χ3n) is 3.62. The van der Waals surface area contributed by atoms with Crippen molar-refractivity contribution in [2.75, 3.05) is 6.61 Å². The standard InChI is InChI=1S/C20H19ClN2OS/c1-3-13-23-19(15-5-7-16(21)8-6-15)14-25-20(23)22-17-9-11-18(12-10-17)24-4-2/h3,5-12,14H,1,4,13H2,2H3. The summed E-state index contributed by atoms with van der Waals surface area (Å²) < 4.78 is 7.63. The molecule has 0 unspecified atom stereocenters. The lowest BCUT2D eigenvalue weighted by Crippen LogP contribution is -2.14. The molecule has 0 amide bonds. The van der Waals surface area contributed by atoms with E-state index >= 15 is 0 Å². The Morgan fingerprint density at radius 3 is 2.52 bits per heavy atom. The van der Waals surface area contributed by atoms with Gasteiger partial charge in [-0.3, -0.25) is 0 Å². The highest BCUT2D eigenvalue weighted by atomic mass is 35.5. The monoisotopic (exact) mass is 370 g/mol. The van der Waals surface area contributed by atoms with E-state index in [-0.39, 0.29) is 0 Å². The number of hydrogen-bond donors (Lipinski definition) is 0. The van der Waals surface area contributed by atoms with Gasteiger partial charge in [-0.25, -0.2) is 4.99 Å². The molecule has 1 heterocycles. The van der Waals surface area contributed by atoms with Crippen LogP contribution in [0.5, 0.6) is 5.75 Å². The SMILES string of the molecule is C=CCn1c(-c2ccc(Cl)cc2)csc1=Nc1ccc(OCC)cc1. The van der Waals surface area contributed by atoms with E-state index in [1.807, 2.05) is 61.5 Å². The number of thiazole rings is 1. The van der Waals surface area contributed by atoms with Crippen molar-refractivity contribution in [2.45, 2.75) is 13.5 Å². The lowest BCUT2D eigenvalue weighted by Gasteiger charge is -2.07. The van der Waals surface area contributed by atoms with Crippen molar-refractivity contribution >= 4 is 28.6 Å². The summed E-state index contributed by atoms with van der Waals surface area (Å²) in [5.74, 6) is 0.855. The Morgan fingerprint density at radius 1 is 1.16 bits per heavy atom. The summed E-state index contributed by atoms with van der Waals surface area (Å²) in [6, 6.07) is 15.6. The minimum absolute atomic E-state index is 0.658. The quantitative estimate of drug-likeness (QED) is 0.512. The van der Waals surface area contributed by atoms with E-state index < -0.39 is 0 Å². The van der Waals surface area contributed by atoms with Gasteiger partial charge in [0.05, 0.1) is 18.0 Å². The van der Waals surface area contributed by atoms with E-state index in [2.05, 4.69) is 16.5 Å². The van der Waals surface area contributed by atoms with E-state index in [9.17, 15) is 0 Å². The van der Waals surface area contributed by atoms with Crippen LogP contribution in [0.3, 0.4) is 0 Å². The Balaban J connectivity index is 2.01. The molecule has 3 aromatic rings. The maximum atomic E-state index is 6.00. The molecule has 0 atom stereocenters. The summed E-state index contributed by atoms with van der Waals surface area (Å²) in [5.41, 5.74) is 3.10. The van der Waals surface area contributed by atoms with Crippen molar-refractivity contribution < 1.29 is 4.74 Å². The van der Waals surface area contributed by atoms with Crippen molar-refractivity contribution in [1.29, 1.82) is 0 Å². The lowest BCUT2D eigenvalue weighted by atomic mass is 10.2. The summed E-state index contributed by atoms with van der Waals surface area (Å²) in [5, 5.41) is 2.84. The first-order chi connectivity index (χ1) is 12.2. The number of benzene rings is 2. The number of aromatic nitrogens is 1. The van der Waals surface area contributed by atoms with Gasteiger partial charge in [0.1, 0.15) is 5.75 Å². The zero-order chi connectivity index (χ0) is 17.6. The maximum absolute atomic E-state index is 6.00. The van der Waals surface area contributed by atoms with Crippen LogP contribution in [0.1, 0.15) is 6.92 Å².